The second-order valence-corrected chi connectivity index (χ2v) is 6.44. The second kappa shape index (κ2) is 8.02. The smallest absolute Gasteiger partial charge is 0.336 e. The lowest BCUT2D eigenvalue weighted by Gasteiger charge is -2.17. The van der Waals surface area contributed by atoms with Crippen LogP contribution in [0.4, 0.5) is 0 Å². The molecule has 1 aliphatic rings. The van der Waals surface area contributed by atoms with Crippen LogP contribution in [0.15, 0.2) is 42.5 Å². The zero-order valence-corrected chi connectivity index (χ0v) is 14.6. The SMILES string of the molecule is CCCOc1ccccc1/C=C(\C(=O)O)c1ccc2c(c1)CCCC2. The summed E-state index contributed by atoms with van der Waals surface area (Å²) >= 11 is 0. The average molecular weight is 336 g/mol. The number of carbonyl (C=O) groups is 1. The number of aliphatic carboxylic acids is 1. The van der Waals surface area contributed by atoms with E-state index in [1.165, 1.54) is 24.0 Å². The van der Waals surface area contributed by atoms with Crippen molar-refractivity contribution in [1.82, 2.24) is 0 Å². The summed E-state index contributed by atoms with van der Waals surface area (Å²) in [5.41, 5.74) is 4.50. The molecule has 0 unspecified atom stereocenters. The molecule has 2 aromatic rings. The number of rotatable bonds is 6. The summed E-state index contributed by atoms with van der Waals surface area (Å²) in [5.74, 6) is -0.192. The molecular formula is C22H24O3. The Balaban J connectivity index is 1.99. The van der Waals surface area contributed by atoms with Gasteiger partial charge in [0.15, 0.2) is 0 Å². The molecule has 0 spiro atoms. The molecule has 3 rings (SSSR count). The summed E-state index contributed by atoms with van der Waals surface area (Å²) in [7, 11) is 0. The highest BCUT2D eigenvalue weighted by Crippen LogP contribution is 2.28. The maximum absolute atomic E-state index is 11.9. The zero-order chi connectivity index (χ0) is 17.6. The van der Waals surface area contributed by atoms with Crippen LogP contribution < -0.4 is 4.74 Å². The van der Waals surface area contributed by atoms with Gasteiger partial charge in [-0.2, -0.15) is 0 Å². The Kier molecular flexibility index (Phi) is 5.54. The zero-order valence-electron chi connectivity index (χ0n) is 14.6. The quantitative estimate of drug-likeness (QED) is 0.598. The van der Waals surface area contributed by atoms with E-state index in [4.69, 9.17) is 4.74 Å². The van der Waals surface area contributed by atoms with Crippen LogP contribution in [0.1, 0.15) is 48.4 Å². The minimum Gasteiger partial charge on any atom is -0.493 e. The molecular weight excluding hydrogens is 312 g/mol. The van der Waals surface area contributed by atoms with Crippen molar-refractivity contribution in [3.05, 3.63) is 64.7 Å². The van der Waals surface area contributed by atoms with Crippen molar-refractivity contribution in [1.29, 1.82) is 0 Å². The van der Waals surface area contributed by atoms with E-state index in [-0.39, 0.29) is 0 Å². The fourth-order valence-electron chi connectivity index (χ4n) is 3.27. The Morgan fingerprint density at radius 3 is 2.64 bits per heavy atom. The predicted molar refractivity (Wildman–Crippen MR) is 101 cm³/mol. The first-order chi connectivity index (χ1) is 12.2. The third kappa shape index (κ3) is 4.11. The van der Waals surface area contributed by atoms with E-state index in [1.54, 1.807) is 6.08 Å². The maximum Gasteiger partial charge on any atom is 0.336 e. The van der Waals surface area contributed by atoms with E-state index in [0.29, 0.717) is 12.2 Å². The summed E-state index contributed by atoms with van der Waals surface area (Å²) in [4.78, 5) is 11.9. The highest BCUT2D eigenvalue weighted by Gasteiger charge is 2.16. The number of para-hydroxylation sites is 1. The van der Waals surface area contributed by atoms with Gasteiger partial charge in [0, 0.05) is 5.56 Å². The number of fused-ring (bicyclic) bond motifs is 1. The van der Waals surface area contributed by atoms with E-state index in [9.17, 15) is 9.90 Å². The van der Waals surface area contributed by atoms with Crippen LogP contribution >= 0.6 is 0 Å². The van der Waals surface area contributed by atoms with Gasteiger partial charge in [-0.25, -0.2) is 4.79 Å². The van der Waals surface area contributed by atoms with Gasteiger partial charge >= 0.3 is 5.97 Å². The summed E-state index contributed by atoms with van der Waals surface area (Å²) in [6.07, 6.45) is 7.15. The fourth-order valence-corrected chi connectivity index (χ4v) is 3.27. The topological polar surface area (TPSA) is 46.5 Å². The standard InChI is InChI=1S/C22H24O3/c1-2-13-25-21-10-6-5-9-19(21)15-20(22(23)24)18-12-11-16-7-3-4-8-17(16)14-18/h5-6,9-12,14-15H,2-4,7-8,13H2,1H3,(H,23,24)/b20-15-. The van der Waals surface area contributed by atoms with Crippen LogP contribution in [0.25, 0.3) is 11.6 Å². The molecule has 25 heavy (non-hydrogen) atoms. The first kappa shape index (κ1) is 17.3. The van der Waals surface area contributed by atoms with Crippen molar-refractivity contribution in [2.24, 2.45) is 0 Å². The lowest BCUT2D eigenvalue weighted by atomic mass is 9.88. The van der Waals surface area contributed by atoms with Gasteiger partial charge in [0.05, 0.1) is 12.2 Å². The van der Waals surface area contributed by atoms with E-state index in [2.05, 4.69) is 6.07 Å². The molecule has 0 aromatic heterocycles. The number of benzene rings is 2. The van der Waals surface area contributed by atoms with Crippen molar-refractivity contribution in [3.8, 4) is 5.75 Å². The van der Waals surface area contributed by atoms with Crippen LogP contribution in [0, 0.1) is 0 Å². The van der Waals surface area contributed by atoms with Gasteiger partial charge in [0.2, 0.25) is 0 Å². The number of ether oxygens (including phenoxy) is 1. The Bertz CT molecular complexity index is 790. The molecule has 0 heterocycles. The molecule has 0 saturated carbocycles. The van der Waals surface area contributed by atoms with E-state index in [0.717, 1.165) is 36.1 Å². The lowest BCUT2D eigenvalue weighted by molar-refractivity contribution is -0.130. The maximum atomic E-state index is 11.9. The molecule has 0 bridgehead atoms. The minimum absolute atomic E-state index is 0.306. The van der Waals surface area contributed by atoms with Crippen molar-refractivity contribution < 1.29 is 14.6 Å². The predicted octanol–water partition coefficient (Wildman–Crippen LogP) is 4.98. The lowest BCUT2D eigenvalue weighted by Crippen LogP contribution is -2.06. The monoisotopic (exact) mass is 336 g/mol. The molecule has 0 saturated heterocycles. The highest BCUT2D eigenvalue weighted by molar-refractivity contribution is 6.20. The largest absolute Gasteiger partial charge is 0.493 e. The van der Waals surface area contributed by atoms with E-state index in [1.807, 2.05) is 43.3 Å². The fraction of sp³-hybridized carbons (Fsp3) is 0.318. The van der Waals surface area contributed by atoms with Crippen LogP contribution in [0.3, 0.4) is 0 Å². The van der Waals surface area contributed by atoms with Gasteiger partial charge in [-0.3, -0.25) is 0 Å². The molecule has 2 aromatic carbocycles. The highest BCUT2D eigenvalue weighted by atomic mass is 16.5. The first-order valence-corrected chi connectivity index (χ1v) is 8.98. The molecule has 3 nitrogen and oxygen atoms in total. The second-order valence-electron chi connectivity index (χ2n) is 6.44. The van der Waals surface area contributed by atoms with Crippen molar-refractivity contribution in [3.63, 3.8) is 0 Å². The third-order valence-corrected chi connectivity index (χ3v) is 4.57. The molecule has 0 atom stereocenters. The number of carboxylic acid groups (broad SMARTS) is 1. The molecule has 0 amide bonds. The van der Waals surface area contributed by atoms with Gasteiger partial charge < -0.3 is 9.84 Å². The van der Waals surface area contributed by atoms with Gasteiger partial charge in [0.25, 0.3) is 0 Å². The molecule has 3 heteroatoms. The Hall–Kier alpha value is -2.55. The molecule has 0 fully saturated rings. The summed E-state index contributed by atoms with van der Waals surface area (Å²) in [6, 6.07) is 13.6. The summed E-state index contributed by atoms with van der Waals surface area (Å²) < 4.78 is 5.76. The number of hydrogen-bond acceptors (Lipinski definition) is 2. The van der Waals surface area contributed by atoms with Crippen LogP contribution in [0.2, 0.25) is 0 Å². The number of carboxylic acids is 1. The number of hydrogen-bond donors (Lipinski definition) is 1. The van der Waals surface area contributed by atoms with E-state index >= 15 is 0 Å². The van der Waals surface area contributed by atoms with Crippen molar-refractivity contribution >= 4 is 17.6 Å². The summed E-state index contributed by atoms with van der Waals surface area (Å²) in [6.45, 7) is 2.67. The number of aryl methyl sites for hydroxylation is 2. The van der Waals surface area contributed by atoms with Crippen LogP contribution in [-0.4, -0.2) is 17.7 Å². The van der Waals surface area contributed by atoms with Gasteiger partial charge in [-0.05, 0) is 60.9 Å². The minimum atomic E-state index is -0.916. The molecule has 0 aliphatic heterocycles. The molecule has 1 aliphatic carbocycles. The normalized spacial score (nSPS) is 14.0. The molecule has 1 N–H and O–H groups in total. The molecule has 0 radical (unpaired) electrons. The van der Waals surface area contributed by atoms with Crippen molar-refractivity contribution in [2.75, 3.05) is 6.61 Å². The third-order valence-electron chi connectivity index (χ3n) is 4.57. The van der Waals surface area contributed by atoms with Crippen LogP contribution in [0.5, 0.6) is 5.75 Å². The van der Waals surface area contributed by atoms with Crippen molar-refractivity contribution in [2.45, 2.75) is 39.0 Å². The van der Waals surface area contributed by atoms with Gasteiger partial charge in [-0.1, -0.05) is 43.3 Å². The van der Waals surface area contributed by atoms with E-state index < -0.39 is 5.97 Å². The Morgan fingerprint density at radius 2 is 1.88 bits per heavy atom. The first-order valence-electron chi connectivity index (χ1n) is 8.98. The van der Waals surface area contributed by atoms with Crippen LogP contribution in [-0.2, 0) is 17.6 Å². The average Bonchev–Trinajstić information content (AvgIpc) is 2.64. The summed E-state index contributed by atoms with van der Waals surface area (Å²) in [5, 5.41) is 9.75. The molecule has 130 valence electrons. The van der Waals surface area contributed by atoms with Gasteiger partial charge in [-0.15, -0.1) is 0 Å². The Labute approximate surface area is 149 Å². The van der Waals surface area contributed by atoms with Gasteiger partial charge in [0.1, 0.15) is 5.75 Å². The Morgan fingerprint density at radius 1 is 1.12 bits per heavy atom.